The van der Waals surface area contributed by atoms with E-state index in [1.54, 1.807) is 6.92 Å². The molecule has 0 spiro atoms. The van der Waals surface area contributed by atoms with Crippen LogP contribution in [0.15, 0.2) is 10.5 Å². The van der Waals surface area contributed by atoms with Crippen molar-refractivity contribution in [1.82, 2.24) is 0 Å². The van der Waals surface area contributed by atoms with Crippen molar-refractivity contribution >= 4 is 27.7 Å². The SMILES string of the molecule is COc1c(F)c(C(=O)C(=O)O)cc(C)c1Br. The first-order valence-corrected chi connectivity index (χ1v) is 4.99. The van der Waals surface area contributed by atoms with Gasteiger partial charge in [-0.05, 0) is 34.5 Å². The van der Waals surface area contributed by atoms with Crippen LogP contribution in [-0.2, 0) is 4.79 Å². The van der Waals surface area contributed by atoms with E-state index in [0.717, 1.165) is 0 Å². The first kappa shape index (κ1) is 12.6. The predicted octanol–water partition coefficient (Wildman–Crippen LogP) is 2.17. The van der Waals surface area contributed by atoms with Gasteiger partial charge >= 0.3 is 5.97 Å². The second-order valence-corrected chi connectivity index (χ2v) is 3.83. The highest BCUT2D eigenvalue weighted by Crippen LogP contribution is 2.33. The topological polar surface area (TPSA) is 63.6 Å². The van der Waals surface area contributed by atoms with Gasteiger partial charge in [0.2, 0.25) is 0 Å². The first-order chi connectivity index (χ1) is 7.40. The van der Waals surface area contributed by atoms with Crippen LogP contribution in [0.1, 0.15) is 15.9 Å². The third kappa shape index (κ3) is 2.06. The highest BCUT2D eigenvalue weighted by molar-refractivity contribution is 9.10. The number of methoxy groups -OCH3 is 1. The Kier molecular flexibility index (Phi) is 3.64. The van der Waals surface area contributed by atoms with Gasteiger partial charge in [0.05, 0.1) is 17.1 Å². The lowest BCUT2D eigenvalue weighted by Crippen LogP contribution is -2.15. The predicted molar refractivity (Wildman–Crippen MR) is 57.4 cm³/mol. The fraction of sp³-hybridized carbons (Fsp3) is 0.200. The van der Waals surface area contributed by atoms with Gasteiger partial charge in [0, 0.05) is 0 Å². The minimum atomic E-state index is -1.71. The number of halogens is 2. The van der Waals surface area contributed by atoms with Crippen LogP contribution in [0.25, 0.3) is 0 Å². The van der Waals surface area contributed by atoms with Crippen molar-refractivity contribution in [3.8, 4) is 5.75 Å². The summed E-state index contributed by atoms with van der Waals surface area (Å²) in [6, 6.07) is 1.17. The zero-order chi connectivity index (χ0) is 12.5. The van der Waals surface area contributed by atoms with Crippen LogP contribution in [0.3, 0.4) is 0 Å². The first-order valence-electron chi connectivity index (χ1n) is 4.20. The number of aryl methyl sites for hydroxylation is 1. The molecule has 0 fully saturated rings. The second-order valence-electron chi connectivity index (χ2n) is 3.04. The Morgan fingerprint density at radius 2 is 2.06 bits per heavy atom. The molecule has 0 bridgehead atoms. The Balaban J connectivity index is 3.48. The molecule has 6 heteroatoms. The maximum atomic E-state index is 13.7. The third-order valence-electron chi connectivity index (χ3n) is 1.99. The number of rotatable bonds is 3. The van der Waals surface area contributed by atoms with Crippen molar-refractivity contribution in [3.05, 3.63) is 27.5 Å². The van der Waals surface area contributed by atoms with Crippen LogP contribution >= 0.6 is 15.9 Å². The number of hydrogen-bond acceptors (Lipinski definition) is 3. The van der Waals surface area contributed by atoms with E-state index in [9.17, 15) is 14.0 Å². The number of ketones is 1. The van der Waals surface area contributed by atoms with Gasteiger partial charge in [0.1, 0.15) is 0 Å². The molecule has 86 valence electrons. The van der Waals surface area contributed by atoms with E-state index < -0.39 is 23.1 Å². The summed E-state index contributed by atoms with van der Waals surface area (Å²) < 4.78 is 18.8. The van der Waals surface area contributed by atoms with Gasteiger partial charge in [-0.15, -0.1) is 0 Å². The van der Waals surface area contributed by atoms with Crippen molar-refractivity contribution in [2.45, 2.75) is 6.92 Å². The fourth-order valence-corrected chi connectivity index (χ4v) is 1.65. The number of carboxylic acids is 1. The van der Waals surface area contributed by atoms with Crippen LogP contribution in [0.4, 0.5) is 4.39 Å². The standard InChI is InChI=1S/C10H8BrFO4/c1-4-3-5(8(13)10(14)15)7(12)9(16-2)6(4)11/h3H,1-2H3,(H,14,15). The Bertz CT molecular complexity index is 470. The molecule has 0 heterocycles. The zero-order valence-corrected chi connectivity index (χ0v) is 10.1. The van der Waals surface area contributed by atoms with Gasteiger partial charge < -0.3 is 9.84 Å². The number of Topliss-reactive ketones (excluding diaryl/α,β-unsaturated/α-hetero) is 1. The van der Waals surface area contributed by atoms with Gasteiger partial charge in [-0.3, -0.25) is 4.79 Å². The Hall–Kier alpha value is -1.43. The van der Waals surface area contributed by atoms with Gasteiger partial charge in [-0.2, -0.15) is 0 Å². The summed E-state index contributed by atoms with van der Waals surface area (Å²) in [5.41, 5.74) is 0.00731. The quantitative estimate of drug-likeness (QED) is 0.684. The van der Waals surface area contributed by atoms with Gasteiger partial charge in [-0.25, -0.2) is 9.18 Å². The molecule has 0 aliphatic carbocycles. The molecule has 0 aromatic heterocycles. The van der Waals surface area contributed by atoms with Crippen molar-refractivity contribution < 1.29 is 23.8 Å². The number of carboxylic acid groups (broad SMARTS) is 1. The smallest absolute Gasteiger partial charge is 0.377 e. The highest BCUT2D eigenvalue weighted by atomic mass is 79.9. The summed E-state index contributed by atoms with van der Waals surface area (Å²) in [5.74, 6) is -4.16. The summed E-state index contributed by atoms with van der Waals surface area (Å²) >= 11 is 3.09. The molecule has 0 saturated heterocycles. The Morgan fingerprint density at radius 1 is 1.50 bits per heavy atom. The molecule has 0 saturated carbocycles. The van der Waals surface area contributed by atoms with E-state index in [4.69, 9.17) is 9.84 Å². The van der Waals surface area contributed by atoms with E-state index in [2.05, 4.69) is 15.9 Å². The molecule has 0 unspecified atom stereocenters. The number of hydrogen-bond donors (Lipinski definition) is 1. The molecule has 1 rings (SSSR count). The minimum absolute atomic E-state index is 0.176. The van der Waals surface area contributed by atoms with Crippen LogP contribution in [0, 0.1) is 12.7 Å². The zero-order valence-electron chi connectivity index (χ0n) is 8.51. The molecule has 0 atom stereocenters. The van der Waals surface area contributed by atoms with Crippen LogP contribution in [0.2, 0.25) is 0 Å². The normalized spacial score (nSPS) is 10.0. The van der Waals surface area contributed by atoms with Crippen molar-refractivity contribution in [3.63, 3.8) is 0 Å². The maximum Gasteiger partial charge on any atom is 0.377 e. The van der Waals surface area contributed by atoms with Crippen LogP contribution in [-0.4, -0.2) is 24.0 Å². The average Bonchev–Trinajstić information content (AvgIpc) is 2.23. The van der Waals surface area contributed by atoms with Gasteiger partial charge in [0.25, 0.3) is 5.78 Å². The summed E-state index contributed by atoms with van der Waals surface area (Å²) in [6.45, 7) is 1.60. The van der Waals surface area contributed by atoms with E-state index in [0.29, 0.717) is 10.0 Å². The molecule has 0 aliphatic rings. The van der Waals surface area contributed by atoms with Crippen molar-refractivity contribution in [2.24, 2.45) is 0 Å². The highest BCUT2D eigenvalue weighted by Gasteiger charge is 2.24. The van der Waals surface area contributed by atoms with Crippen LogP contribution in [0.5, 0.6) is 5.75 Å². The molecule has 0 aliphatic heterocycles. The molecule has 16 heavy (non-hydrogen) atoms. The number of ether oxygens (including phenoxy) is 1. The second kappa shape index (κ2) is 4.61. The van der Waals surface area contributed by atoms with Gasteiger partial charge in [-0.1, -0.05) is 0 Å². The molecule has 0 amide bonds. The molecule has 1 aromatic rings. The monoisotopic (exact) mass is 290 g/mol. The van der Waals surface area contributed by atoms with Gasteiger partial charge in [0.15, 0.2) is 11.6 Å². The van der Waals surface area contributed by atoms with Crippen molar-refractivity contribution in [2.75, 3.05) is 7.11 Å². The number of carbonyl (C=O) groups excluding carboxylic acids is 1. The number of aliphatic carboxylic acids is 1. The lowest BCUT2D eigenvalue weighted by Gasteiger charge is -2.10. The molecule has 4 nitrogen and oxygen atoms in total. The Labute approximate surface area is 99.2 Å². The lowest BCUT2D eigenvalue weighted by molar-refractivity contribution is -0.131. The largest absolute Gasteiger partial charge is 0.492 e. The summed E-state index contributed by atoms with van der Waals surface area (Å²) in [5, 5.41) is 8.51. The molecule has 0 radical (unpaired) electrons. The van der Waals surface area contributed by atoms with E-state index in [1.165, 1.54) is 13.2 Å². The summed E-state index contributed by atoms with van der Waals surface area (Å²) in [7, 11) is 1.23. The van der Waals surface area contributed by atoms with E-state index in [1.807, 2.05) is 0 Å². The third-order valence-corrected chi connectivity index (χ3v) is 2.97. The van der Waals surface area contributed by atoms with E-state index in [-0.39, 0.29) is 5.75 Å². The molecular weight excluding hydrogens is 283 g/mol. The fourth-order valence-electron chi connectivity index (χ4n) is 1.20. The molecule has 1 aromatic carbocycles. The minimum Gasteiger partial charge on any atom is -0.492 e. The molecule has 1 N–H and O–H groups in total. The molecular formula is C10H8BrFO4. The average molecular weight is 291 g/mol. The summed E-state index contributed by atoms with van der Waals surface area (Å²) in [6.07, 6.45) is 0. The van der Waals surface area contributed by atoms with Crippen molar-refractivity contribution in [1.29, 1.82) is 0 Å². The van der Waals surface area contributed by atoms with E-state index >= 15 is 0 Å². The maximum absolute atomic E-state index is 13.7. The number of carbonyl (C=O) groups is 2. The van der Waals surface area contributed by atoms with Crippen LogP contribution < -0.4 is 4.74 Å². The Morgan fingerprint density at radius 3 is 2.50 bits per heavy atom. The summed E-state index contributed by atoms with van der Waals surface area (Å²) in [4.78, 5) is 21.7. The lowest BCUT2D eigenvalue weighted by atomic mass is 10.1. The number of benzene rings is 1.